The van der Waals surface area contributed by atoms with E-state index < -0.39 is 0 Å². The van der Waals surface area contributed by atoms with Crippen molar-refractivity contribution < 1.29 is 9.53 Å². The summed E-state index contributed by atoms with van der Waals surface area (Å²) in [7, 11) is 1.84. The number of rotatable bonds is 6. The van der Waals surface area contributed by atoms with E-state index in [-0.39, 0.29) is 30.5 Å². The van der Waals surface area contributed by atoms with Crippen LogP contribution in [0.15, 0.2) is 24.3 Å². The molecule has 1 fully saturated rings. The van der Waals surface area contributed by atoms with Crippen molar-refractivity contribution in [2.75, 3.05) is 20.1 Å². The first kappa shape index (κ1) is 21.2. The maximum absolute atomic E-state index is 12.9. The summed E-state index contributed by atoms with van der Waals surface area (Å²) in [4.78, 5) is 14.7. The summed E-state index contributed by atoms with van der Waals surface area (Å²) in [6.45, 7) is 7.78. The minimum absolute atomic E-state index is 0. The van der Waals surface area contributed by atoms with Crippen LogP contribution >= 0.6 is 12.4 Å². The van der Waals surface area contributed by atoms with Gasteiger partial charge in [0, 0.05) is 19.6 Å². The highest BCUT2D eigenvalue weighted by Gasteiger charge is 2.28. The highest BCUT2D eigenvalue weighted by Crippen LogP contribution is 2.20. The Hall–Kier alpha value is -2.12. The zero-order chi connectivity index (χ0) is 18.7. The summed E-state index contributed by atoms with van der Waals surface area (Å²) in [6, 6.07) is 7.90. The van der Waals surface area contributed by atoms with Crippen LogP contribution in [0.5, 0.6) is 5.75 Å². The predicted octanol–water partition coefficient (Wildman–Crippen LogP) is 2.47. The van der Waals surface area contributed by atoms with Gasteiger partial charge in [0.2, 0.25) is 0 Å². The highest BCUT2D eigenvalue weighted by molar-refractivity contribution is 5.93. The van der Waals surface area contributed by atoms with Gasteiger partial charge in [-0.3, -0.25) is 4.79 Å². The van der Waals surface area contributed by atoms with E-state index in [1.807, 2.05) is 52.1 Å². The number of ether oxygens (including phenoxy) is 1. The summed E-state index contributed by atoms with van der Waals surface area (Å²) in [6.07, 6.45) is 1.77. The van der Waals surface area contributed by atoms with Crippen LogP contribution in [-0.2, 0) is 6.42 Å². The van der Waals surface area contributed by atoms with Crippen molar-refractivity contribution in [1.29, 1.82) is 0 Å². The molecule has 0 spiro atoms. The fourth-order valence-corrected chi connectivity index (χ4v) is 3.23. The summed E-state index contributed by atoms with van der Waals surface area (Å²) in [5.74, 6) is 0.744. The second kappa shape index (κ2) is 9.19. The zero-order valence-corrected chi connectivity index (χ0v) is 17.1. The molecule has 1 N–H and O–H groups in total. The average Bonchev–Trinajstić information content (AvgIpc) is 3.30. The van der Waals surface area contributed by atoms with E-state index in [4.69, 9.17) is 4.74 Å². The van der Waals surface area contributed by atoms with Crippen molar-refractivity contribution in [2.45, 2.75) is 45.8 Å². The van der Waals surface area contributed by atoms with E-state index in [1.165, 1.54) is 0 Å². The molecule has 2 aromatic rings. The molecule has 1 unspecified atom stereocenters. The molecule has 1 aliphatic rings. The van der Waals surface area contributed by atoms with Gasteiger partial charge < -0.3 is 15.0 Å². The number of amides is 1. The van der Waals surface area contributed by atoms with Crippen LogP contribution in [0.3, 0.4) is 0 Å². The molecule has 8 heteroatoms. The normalized spacial score (nSPS) is 16.3. The topological polar surface area (TPSA) is 72.3 Å². The van der Waals surface area contributed by atoms with Crippen LogP contribution in [0.2, 0.25) is 0 Å². The third-order valence-electron chi connectivity index (χ3n) is 4.66. The van der Waals surface area contributed by atoms with Gasteiger partial charge >= 0.3 is 0 Å². The number of halogens is 1. The molecule has 0 saturated carbocycles. The molecule has 1 aromatic heterocycles. The molecule has 2 heterocycles. The first-order chi connectivity index (χ1) is 12.5. The van der Waals surface area contributed by atoms with Crippen LogP contribution < -0.4 is 10.1 Å². The predicted molar refractivity (Wildman–Crippen MR) is 107 cm³/mol. The number of nitrogens with zero attached hydrogens (tertiary/aromatic N) is 4. The Labute approximate surface area is 166 Å². The Balaban J connectivity index is 0.00000261. The number of likely N-dealkylation sites (N-methyl/N-ethyl adjacent to an activating group) is 1. The number of aromatic nitrogens is 3. The molecular formula is C19H28ClN5O2. The molecule has 7 nitrogen and oxygen atoms in total. The largest absolute Gasteiger partial charge is 0.491 e. The highest BCUT2D eigenvalue weighted by atomic mass is 35.5. The molecule has 1 atom stereocenters. The Morgan fingerprint density at radius 3 is 2.63 bits per heavy atom. The van der Waals surface area contributed by atoms with Gasteiger partial charge in [0.05, 0.1) is 17.5 Å². The van der Waals surface area contributed by atoms with Crippen LogP contribution in [0.4, 0.5) is 0 Å². The lowest BCUT2D eigenvalue weighted by Gasteiger charge is -2.23. The van der Waals surface area contributed by atoms with Gasteiger partial charge in [-0.25, -0.2) is 4.68 Å². The number of nitrogens with one attached hydrogen (secondary N) is 1. The van der Waals surface area contributed by atoms with Crippen molar-refractivity contribution >= 4 is 18.3 Å². The van der Waals surface area contributed by atoms with Crippen molar-refractivity contribution in [3.8, 4) is 11.4 Å². The second-order valence-corrected chi connectivity index (χ2v) is 6.87. The maximum atomic E-state index is 12.9. The Morgan fingerprint density at radius 1 is 1.37 bits per heavy atom. The summed E-state index contributed by atoms with van der Waals surface area (Å²) in [5.41, 5.74) is 2.13. The van der Waals surface area contributed by atoms with Gasteiger partial charge in [-0.1, -0.05) is 12.1 Å². The summed E-state index contributed by atoms with van der Waals surface area (Å²) in [5, 5.41) is 11.7. The van der Waals surface area contributed by atoms with Crippen molar-refractivity contribution in [3.05, 3.63) is 35.7 Å². The third-order valence-corrected chi connectivity index (χ3v) is 4.66. The van der Waals surface area contributed by atoms with E-state index in [0.29, 0.717) is 12.1 Å². The third kappa shape index (κ3) is 4.59. The number of carbonyl (C=O) groups is 1. The first-order valence-corrected chi connectivity index (χ1v) is 9.20. The molecule has 27 heavy (non-hydrogen) atoms. The molecule has 0 bridgehead atoms. The smallest absolute Gasteiger partial charge is 0.276 e. The molecule has 0 radical (unpaired) electrons. The number of carbonyl (C=O) groups excluding carboxylic acids is 1. The monoisotopic (exact) mass is 393 g/mol. The lowest BCUT2D eigenvalue weighted by atomic mass is 10.2. The summed E-state index contributed by atoms with van der Waals surface area (Å²) < 4.78 is 7.42. The standard InChI is InChI=1S/C19H27N5O2.ClH/c1-5-17-18(19(25)23(4)15-10-11-20-12-15)21-22-24(17)14-6-8-16(9-7-14)26-13(2)3;/h6-9,13,15,20H,5,10-12H2,1-4H3;1H. The van der Waals surface area contributed by atoms with Crippen molar-refractivity contribution in [3.63, 3.8) is 0 Å². The van der Waals surface area contributed by atoms with Gasteiger partial charge in [0.25, 0.3) is 5.91 Å². The van der Waals surface area contributed by atoms with Gasteiger partial charge in [0.15, 0.2) is 5.69 Å². The Morgan fingerprint density at radius 2 is 2.07 bits per heavy atom. The average molecular weight is 394 g/mol. The van der Waals surface area contributed by atoms with Gasteiger partial charge in [-0.05, 0) is 57.5 Å². The summed E-state index contributed by atoms with van der Waals surface area (Å²) >= 11 is 0. The Kier molecular flexibility index (Phi) is 7.21. The molecule has 148 valence electrons. The van der Waals surface area contributed by atoms with Crippen LogP contribution in [0.1, 0.15) is 43.4 Å². The minimum atomic E-state index is -0.0680. The molecule has 0 aliphatic carbocycles. The number of hydrogen-bond acceptors (Lipinski definition) is 5. The molecule has 1 aliphatic heterocycles. The molecule has 1 saturated heterocycles. The SMILES string of the molecule is CCc1c(C(=O)N(C)C2CCNC2)nnn1-c1ccc(OC(C)C)cc1.Cl. The van der Waals surface area contributed by atoms with E-state index in [1.54, 1.807) is 9.58 Å². The van der Waals surface area contributed by atoms with E-state index in [0.717, 1.165) is 36.6 Å². The van der Waals surface area contributed by atoms with Gasteiger partial charge in [-0.2, -0.15) is 0 Å². The van der Waals surface area contributed by atoms with Gasteiger partial charge in [-0.15, -0.1) is 17.5 Å². The van der Waals surface area contributed by atoms with Crippen LogP contribution in [0, 0.1) is 0 Å². The molecule has 1 aromatic carbocycles. The Bertz CT molecular complexity index is 754. The molecular weight excluding hydrogens is 366 g/mol. The van der Waals surface area contributed by atoms with Crippen molar-refractivity contribution in [1.82, 2.24) is 25.2 Å². The maximum Gasteiger partial charge on any atom is 0.276 e. The van der Waals surface area contributed by atoms with E-state index >= 15 is 0 Å². The molecule has 1 amide bonds. The van der Waals surface area contributed by atoms with E-state index in [2.05, 4.69) is 15.6 Å². The van der Waals surface area contributed by atoms with Crippen LogP contribution in [0.25, 0.3) is 5.69 Å². The fourth-order valence-electron chi connectivity index (χ4n) is 3.23. The lowest BCUT2D eigenvalue weighted by molar-refractivity contribution is 0.0736. The van der Waals surface area contributed by atoms with Crippen molar-refractivity contribution in [2.24, 2.45) is 0 Å². The molecule has 3 rings (SSSR count). The quantitative estimate of drug-likeness (QED) is 0.816. The number of hydrogen-bond donors (Lipinski definition) is 1. The fraction of sp³-hybridized carbons (Fsp3) is 0.526. The van der Waals surface area contributed by atoms with Gasteiger partial charge in [0.1, 0.15) is 5.75 Å². The van der Waals surface area contributed by atoms with Crippen LogP contribution in [-0.4, -0.2) is 58.1 Å². The minimum Gasteiger partial charge on any atom is -0.491 e. The zero-order valence-electron chi connectivity index (χ0n) is 16.3. The number of benzene rings is 1. The first-order valence-electron chi connectivity index (χ1n) is 9.20. The second-order valence-electron chi connectivity index (χ2n) is 6.87. The van der Waals surface area contributed by atoms with E-state index in [9.17, 15) is 4.79 Å². The lowest BCUT2D eigenvalue weighted by Crippen LogP contribution is -2.39.